The maximum absolute atomic E-state index is 13.0. The number of nitrogens with two attached hydrogens (primary N) is 1. The molecule has 0 saturated carbocycles. The summed E-state index contributed by atoms with van der Waals surface area (Å²) < 4.78 is 28.9. The SMILES string of the molecule is CC(C)C(CS(=O)(=O)NC(c1ccccc1)C(N)c1ccccc1)C(C)C. The third kappa shape index (κ3) is 6.16. The Morgan fingerprint density at radius 2 is 1.26 bits per heavy atom. The standard InChI is InChI=1S/C22H32N2O2S/c1-16(2)20(17(3)4)15-27(25,26)24-22(19-13-9-6-10-14-19)21(23)18-11-7-5-8-12-18/h5-14,16-17,20-22,24H,15,23H2,1-4H3. The van der Waals surface area contributed by atoms with Crippen molar-refractivity contribution in [2.45, 2.75) is 39.8 Å². The summed E-state index contributed by atoms with van der Waals surface area (Å²) >= 11 is 0. The lowest BCUT2D eigenvalue weighted by molar-refractivity contribution is 0.316. The van der Waals surface area contributed by atoms with Gasteiger partial charge in [-0.15, -0.1) is 0 Å². The lowest BCUT2D eigenvalue weighted by Gasteiger charge is -2.29. The summed E-state index contributed by atoms with van der Waals surface area (Å²) in [6.07, 6.45) is 0. The Kier molecular flexibility index (Phi) is 7.59. The molecule has 3 N–H and O–H groups in total. The van der Waals surface area contributed by atoms with Crippen molar-refractivity contribution in [2.75, 3.05) is 5.75 Å². The minimum absolute atomic E-state index is 0.0897. The highest BCUT2D eigenvalue weighted by molar-refractivity contribution is 7.89. The fourth-order valence-corrected chi connectivity index (χ4v) is 5.57. The van der Waals surface area contributed by atoms with Gasteiger partial charge in [0.05, 0.1) is 17.8 Å². The molecule has 2 aromatic rings. The quantitative estimate of drug-likeness (QED) is 0.673. The van der Waals surface area contributed by atoms with Gasteiger partial charge < -0.3 is 5.73 Å². The molecule has 2 aromatic carbocycles. The monoisotopic (exact) mass is 388 g/mol. The first-order valence-electron chi connectivity index (χ1n) is 9.56. The maximum atomic E-state index is 13.0. The van der Waals surface area contributed by atoms with Gasteiger partial charge in [-0.3, -0.25) is 0 Å². The van der Waals surface area contributed by atoms with Crippen molar-refractivity contribution in [1.82, 2.24) is 4.72 Å². The Hall–Kier alpha value is -1.69. The highest BCUT2D eigenvalue weighted by Crippen LogP contribution is 2.29. The molecule has 0 aliphatic heterocycles. The summed E-state index contributed by atoms with van der Waals surface area (Å²) in [6, 6.07) is 18.2. The molecule has 2 unspecified atom stereocenters. The van der Waals surface area contributed by atoms with E-state index in [1.807, 2.05) is 60.7 Å². The summed E-state index contributed by atoms with van der Waals surface area (Å²) in [5.41, 5.74) is 8.27. The van der Waals surface area contributed by atoms with Gasteiger partial charge in [-0.2, -0.15) is 0 Å². The van der Waals surface area contributed by atoms with Gasteiger partial charge in [-0.25, -0.2) is 13.1 Å². The third-order valence-corrected chi connectivity index (χ3v) is 6.57. The van der Waals surface area contributed by atoms with Crippen LogP contribution in [0.1, 0.15) is 50.9 Å². The van der Waals surface area contributed by atoms with Gasteiger partial charge in [0, 0.05) is 0 Å². The fraction of sp³-hybridized carbons (Fsp3) is 0.455. The van der Waals surface area contributed by atoms with E-state index in [1.165, 1.54) is 0 Å². The van der Waals surface area contributed by atoms with Crippen molar-refractivity contribution in [3.8, 4) is 0 Å². The summed E-state index contributed by atoms with van der Waals surface area (Å²) in [7, 11) is -3.50. The zero-order valence-electron chi connectivity index (χ0n) is 16.7. The molecule has 0 amide bonds. The molecule has 2 atom stereocenters. The second-order valence-corrected chi connectivity index (χ2v) is 9.67. The van der Waals surface area contributed by atoms with Gasteiger partial charge in [-0.05, 0) is 28.9 Å². The second kappa shape index (κ2) is 9.49. The van der Waals surface area contributed by atoms with Crippen molar-refractivity contribution in [2.24, 2.45) is 23.5 Å². The predicted molar refractivity (Wildman–Crippen MR) is 113 cm³/mol. The largest absolute Gasteiger partial charge is 0.322 e. The van der Waals surface area contributed by atoms with Gasteiger partial charge in [0.15, 0.2) is 0 Å². The Morgan fingerprint density at radius 1 is 0.815 bits per heavy atom. The van der Waals surface area contributed by atoms with Crippen LogP contribution in [0.15, 0.2) is 60.7 Å². The Balaban J connectivity index is 2.31. The van der Waals surface area contributed by atoms with E-state index in [2.05, 4.69) is 32.4 Å². The van der Waals surface area contributed by atoms with Crippen LogP contribution in [-0.2, 0) is 10.0 Å². The minimum atomic E-state index is -3.50. The minimum Gasteiger partial charge on any atom is -0.322 e. The van der Waals surface area contributed by atoms with Crippen LogP contribution in [0, 0.1) is 17.8 Å². The van der Waals surface area contributed by atoms with Crippen LogP contribution in [0.3, 0.4) is 0 Å². The average Bonchev–Trinajstić information content (AvgIpc) is 2.65. The second-order valence-electron chi connectivity index (χ2n) is 7.88. The highest BCUT2D eigenvalue weighted by atomic mass is 32.2. The Morgan fingerprint density at radius 3 is 1.70 bits per heavy atom. The number of hydrogen-bond donors (Lipinski definition) is 2. The first-order valence-corrected chi connectivity index (χ1v) is 11.2. The predicted octanol–water partition coefficient (Wildman–Crippen LogP) is 4.28. The van der Waals surface area contributed by atoms with E-state index < -0.39 is 22.1 Å². The van der Waals surface area contributed by atoms with E-state index in [9.17, 15) is 8.42 Å². The average molecular weight is 389 g/mol. The highest BCUT2D eigenvalue weighted by Gasteiger charge is 2.30. The van der Waals surface area contributed by atoms with Crippen molar-refractivity contribution < 1.29 is 8.42 Å². The molecular weight excluding hydrogens is 356 g/mol. The van der Waals surface area contributed by atoms with Gasteiger partial charge in [0.1, 0.15) is 0 Å². The van der Waals surface area contributed by atoms with Gasteiger partial charge in [0.25, 0.3) is 0 Å². The molecule has 0 heterocycles. The lowest BCUT2D eigenvalue weighted by Crippen LogP contribution is -2.40. The Bertz CT molecular complexity index is 782. The number of nitrogens with one attached hydrogen (secondary N) is 1. The van der Waals surface area contributed by atoms with Crippen LogP contribution in [-0.4, -0.2) is 14.2 Å². The number of sulfonamides is 1. The molecule has 0 radical (unpaired) electrons. The normalized spacial score (nSPS) is 14.7. The molecule has 27 heavy (non-hydrogen) atoms. The van der Waals surface area contributed by atoms with Gasteiger partial charge in [-0.1, -0.05) is 88.4 Å². The van der Waals surface area contributed by atoms with Crippen LogP contribution in [0.4, 0.5) is 0 Å². The molecule has 0 fully saturated rings. The molecule has 4 nitrogen and oxygen atoms in total. The number of rotatable bonds is 9. The summed E-state index contributed by atoms with van der Waals surface area (Å²) in [5.74, 6) is 0.777. The van der Waals surface area contributed by atoms with Crippen LogP contribution in [0.25, 0.3) is 0 Å². The van der Waals surface area contributed by atoms with E-state index in [4.69, 9.17) is 5.73 Å². The Labute approximate surface area is 164 Å². The molecule has 0 aliphatic carbocycles. The number of benzene rings is 2. The smallest absolute Gasteiger partial charge is 0.212 e. The molecule has 0 aromatic heterocycles. The summed E-state index contributed by atoms with van der Waals surface area (Å²) in [5, 5.41) is 0. The molecular formula is C22H32N2O2S. The van der Waals surface area contributed by atoms with Crippen molar-refractivity contribution in [3.05, 3.63) is 71.8 Å². The van der Waals surface area contributed by atoms with Gasteiger partial charge in [0.2, 0.25) is 10.0 Å². The molecule has 0 spiro atoms. The summed E-state index contributed by atoms with van der Waals surface area (Å²) in [4.78, 5) is 0. The van der Waals surface area contributed by atoms with Crippen molar-refractivity contribution in [3.63, 3.8) is 0 Å². The van der Waals surface area contributed by atoms with E-state index in [0.29, 0.717) is 11.8 Å². The summed E-state index contributed by atoms with van der Waals surface area (Å²) in [6.45, 7) is 8.30. The zero-order valence-corrected chi connectivity index (χ0v) is 17.5. The van der Waals surface area contributed by atoms with Crippen LogP contribution in [0.5, 0.6) is 0 Å². The first-order chi connectivity index (χ1) is 12.7. The maximum Gasteiger partial charge on any atom is 0.212 e. The molecule has 0 aliphatic rings. The third-order valence-electron chi connectivity index (χ3n) is 5.13. The van der Waals surface area contributed by atoms with Crippen molar-refractivity contribution in [1.29, 1.82) is 0 Å². The molecule has 0 bridgehead atoms. The lowest BCUT2D eigenvalue weighted by atomic mass is 9.87. The molecule has 148 valence electrons. The fourth-order valence-electron chi connectivity index (χ4n) is 3.53. The van der Waals surface area contributed by atoms with Crippen LogP contribution < -0.4 is 10.5 Å². The van der Waals surface area contributed by atoms with E-state index in [-0.39, 0.29) is 11.7 Å². The van der Waals surface area contributed by atoms with Gasteiger partial charge >= 0.3 is 0 Å². The van der Waals surface area contributed by atoms with E-state index in [0.717, 1.165) is 11.1 Å². The molecule has 0 saturated heterocycles. The van der Waals surface area contributed by atoms with Crippen LogP contribution >= 0.6 is 0 Å². The molecule has 2 rings (SSSR count). The van der Waals surface area contributed by atoms with Crippen LogP contribution in [0.2, 0.25) is 0 Å². The molecule has 5 heteroatoms. The topological polar surface area (TPSA) is 72.2 Å². The van der Waals surface area contributed by atoms with Crippen molar-refractivity contribution >= 4 is 10.0 Å². The zero-order chi connectivity index (χ0) is 20.0. The van der Waals surface area contributed by atoms with E-state index >= 15 is 0 Å². The first kappa shape index (κ1) is 21.6. The van der Waals surface area contributed by atoms with E-state index in [1.54, 1.807) is 0 Å². The number of hydrogen-bond acceptors (Lipinski definition) is 3.